The first kappa shape index (κ1) is 17.5. The Labute approximate surface area is 137 Å². The molecule has 0 radical (unpaired) electrons. The van der Waals surface area contributed by atoms with Crippen LogP contribution in [0.4, 0.5) is 0 Å². The second kappa shape index (κ2) is 7.13. The fraction of sp³-hybridized carbons (Fsp3) is 0.556. The SMILES string of the molecule is CC(C)(C)CC(=O)ON1C(=O)[C@H](N)CCC[C@@H]1c1ccccc1. The highest BCUT2D eigenvalue weighted by atomic mass is 16.7. The van der Waals surface area contributed by atoms with Gasteiger partial charge in [-0.1, -0.05) is 51.1 Å². The van der Waals surface area contributed by atoms with E-state index < -0.39 is 12.0 Å². The van der Waals surface area contributed by atoms with Crippen molar-refractivity contribution in [3.05, 3.63) is 35.9 Å². The van der Waals surface area contributed by atoms with Crippen molar-refractivity contribution < 1.29 is 14.4 Å². The van der Waals surface area contributed by atoms with E-state index in [9.17, 15) is 9.59 Å². The summed E-state index contributed by atoms with van der Waals surface area (Å²) >= 11 is 0. The molecular weight excluding hydrogens is 292 g/mol. The van der Waals surface area contributed by atoms with Crippen LogP contribution < -0.4 is 5.73 Å². The number of amides is 1. The molecule has 5 nitrogen and oxygen atoms in total. The van der Waals surface area contributed by atoms with Crippen molar-refractivity contribution in [3.8, 4) is 0 Å². The molecule has 0 bridgehead atoms. The van der Waals surface area contributed by atoms with Crippen molar-refractivity contribution in [1.29, 1.82) is 0 Å². The number of hydrogen-bond acceptors (Lipinski definition) is 4. The third kappa shape index (κ3) is 4.79. The number of carbonyl (C=O) groups excluding carboxylic acids is 2. The average molecular weight is 318 g/mol. The zero-order valence-corrected chi connectivity index (χ0v) is 14.1. The molecule has 0 spiro atoms. The predicted octanol–water partition coefficient (Wildman–Crippen LogP) is 2.96. The monoisotopic (exact) mass is 318 g/mol. The average Bonchev–Trinajstić information content (AvgIpc) is 2.60. The van der Waals surface area contributed by atoms with Gasteiger partial charge >= 0.3 is 5.97 Å². The molecule has 2 atom stereocenters. The van der Waals surface area contributed by atoms with Gasteiger partial charge in [0.1, 0.15) is 0 Å². The van der Waals surface area contributed by atoms with Gasteiger partial charge < -0.3 is 10.6 Å². The Morgan fingerprint density at radius 3 is 2.52 bits per heavy atom. The third-order valence-corrected chi connectivity index (χ3v) is 3.87. The van der Waals surface area contributed by atoms with Crippen LogP contribution >= 0.6 is 0 Å². The summed E-state index contributed by atoms with van der Waals surface area (Å²) in [5.74, 6) is -0.723. The molecule has 5 heteroatoms. The standard InChI is InChI=1S/C18H26N2O3/c1-18(2,3)12-16(21)23-20-15(13-8-5-4-6-9-13)11-7-10-14(19)17(20)22/h4-6,8-9,14-15H,7,10-12,19H2,1-3H3/t14-,15-/m1/s1. The molecule has 1 amide bonds. The van der Waals surface area contributed by atoms with Crippen LogP contribution in [-0.2, 0) is 14.4 Å². The van der Waals surface area contributed by atoms with E-state index in [0.29, 0.717) is 6.42 Å². The lowest BCUT2D eigenvalue weighted by Crippen LogP contribution is -2.44. The fourth-order valence-electron chi connectivity index (χ4n) is 2.75. The molecule has 0 aromatic heterocycles. The second-order valence-electron chi connectivity index (χ2n) is 7.33. The van der Waals surface area contributed by atoms with Crippen LogP contribution in [0.25, 0.3) is 0 Å². The summed E-state index contributed by atoms with van der Waals surface area (Å²) < 4.78 is 0. The first-order valence-corrected chi connectivity index (χ1v) is 8.12. The van der Waals surface area contributed by atoms with Crippen LogP contribution in [0.2, 0.25) is 0 Å². The van der Waals surface area contributed by atoms with Gasteiger partial charge in [-0.2, -0.15) is 5.06 Å². The molecule has 0 unspecified atom stereocenters. The van der Waals surface area contributed by atoms with Crippen LogP contribution in [0.1, 0.15) is 58.1 Å². The normalized spacial score (nSPS) is 22.6. The van der Waals surface area contributed by atoms with E-state index in [0.717, 1.165) is 18.4 Å². The van der Waals surface area contributed by atoms with Crippen LogP contribution in [0.3, 0.4) is 0 Å². The molecule has 2 N–H and O–H groups in total. The van der Waals surface area contributed by atoms with Crippen molar-refractivity contribution >= 4 is 11.9 Å². The van der Waals surface area contributed by atoms with Gasteiger partial charge in [-0.25, -0.2) is 4.79 Å². The Bertz CT molecular complexity index is 551. The minimum Gasteiger partial charge on any atom is -0.337 e. The third-order valence-electron chi connectivity index (χ3n) is 3.87. The molecule has 126 valence electrons. The van der Waals surface area contributed by atoms with Gasteiger partial charge in [0.15, 0.2) is 0 Å². The van der Waals surface area contributed by atoms with E-state index in [4.69, 9.17) is 10.6 Å². The minimum absolute atomic E-state index is 0.198. The highest BCUT2D eigenvalue weighted by Gasteiger charge is 2.35. The molecule has 1 aliphatic heterocycles. The van der Waals surface area contributed by atoms with Gasteiger partial charge in [0.2, 0.25) is 0 Å². The van der Waals surface area contributed by atoms with Crippen LogP contribution in [0, 0.1) is 5.41 Å². The number of hydrogen-bond donors (Lipinski definition) is 1. The molecule has 0 aliphatic carbocycles. The highest BCUT2D eigenvalue weighted by molar-refractivity contribution is 5.83. The maximum Gasteiger partial charge on any atom is 0.333 e. The van der Waals surface area contributed by atoms with E-state index in [-0.39, 0.29) is 23.8 Å². The summed E-state index contributed by atoms with van der Waals surface area (Å²) in [6.45, 7) is 5.87. The molecule has 1 heterocycles. The minimum atomic E-state index is -0.619. The zero-order valence-electron chi connectivity index (χ0n) is 14.1. The maximum absolute atomic E-state index is 12.6. The molecule has 1 fully saturated rings. The lowest BCUT2D eigenvalue weighted by molar-refractivity contribution is -0.210. The number of nitrogens with two attached hydrogens (primary N) is 1. The zero-order chi connectivity index (χ0) is 17.0. The quantitative estimate of drug-likeness (QED) is 0.930. The summed E-state index contributed by atoms with van der Waals surface area (Å²) in [6.07, 6.45) is 2.40. The Hall–Kier alpha value is -1.88. The lowest BCUT2D eigenvalue weighted by atomic mass is 9.93. The number of carbonyl (C=O) groups is 2. The summed E-state index contributed by atoms with van der Waals surface area (Å²) in [4.78, 5) is 30.2. The van der Waals surface area contributed by atoms with E-state index >= 15 is 0 Å². The molecule has 0 saturated carbocycles. The number of nitrogens with zero attached hydrogens (tertiary/aromatic N) is 1. The summed E-state index contributed by atoms with van der Waals surface area (Å²) in [6, 6.07) is 8.74. The number of rotatable bonds is 3. The van der Waals surface area contributed by atoms with E-state index in [1.54, 1.807) is 0 Å². The van der Waals surface area contributed by atoms with Gasteiger partial charge in [-0.3, -0.25) is 4.79 Å². The molecule has 2 rings (SSSR count). The van der Waals surface area contributed by atoms with Crippen molar-refractivity contribution in [2.75, 3.05) is 0 Å². The molecular formula is C18H26N2O3. The van der Waals surface area contributed by atoms with Crippen LogP contribution in [0.5, 0.6) is 0 Å². The van der Waals surface area contributed by atoms with E-state index in [1.165, 1.54) is 5.06 Å². The van der Waals surface area contributed by atoms with Gasteiger partial charge in [-0.05, 0) is 30.2 Å². The Kier molecular flexibility index (Phi) is 5.42. The highest BCUT2D eigenvalue weighted by Crippen LogP contribution is 2.31. The first-order chi connectivity index (χ1) is 10.8. The van der Waals surface area contributed by atoms with E-state index in [1.807, 2.05) is 51.1 Å². The Morgan fingerprint density at radius 2 is 1.91 bits per heavy atom. The summed E-state index contributed by atoms with van der Waals surface area (Å²) in [5, 5.41) is 1.21. The fourth-order valence-corrected chi connectivity index (χ4v) is 2.75. The maximum atomic E-state index is 12.6. The van der Waals surface area contributed by atoms with E-state index in [2.05, 4.69) is 0 Å². The molecule has 23 heavy (non-hydrogen) atoms. The second-order valence-corrected chi connectivity index (χ2v) is 7.33. The topological polar surface area (TPSA) is 72.6 Å². The van der Waals surface area contributed by atoms with Gasteiger partial charge in [0, 0.05) is 0 Å². The van der Waals surface area contributed by atoms with Crippen molar-refractivity contribution in [2.24, 2.45) is 11.1 Å². The summed E-state index contributed by atoms with van der Waals surface area (Å²) in [7, 11) is 0. The van der Waals surface area contributed by atoms with Crippen molar-refractivity contribution in [1.82, 2.24) is 5.06 Å². The largest absolute Gasteiger partial charge is 0.337 e. The number of hydroxylamine groups is 2. The predicted molar refractivity (Wildman–Crippen MR) is 88.0 cm³/mol. The molecule has 1 aromatic rings. The van der Waals surface area contributed by atoms with Crippen LogP contribution in [0.15, 0.2) is 30.3 Å². The molecule has 1 saturated heterocycles. The van der Waals surface area contributed by atoms with Crippen molar-refractivity contribution in [2.45, 2.75) is 58.5 Å². The Morgan fingerprint density at radius 1 is 1.26 bits per heavy atom. The Balaban J connectivity index is 2.24. The molecule has 1 aromatic carbocycles. The van der Waals surface area contributed by atoms with Gasteiger partial charge in [0.25, 0.3) is 5.91 Å². The van der Waals surface area contributed by atoms with Gasteiger partial charge in [-0.15, -0.1) is 0 Å². The van der Waals surface area contributed by atoms with Gasteiger partial charge in [0.05, 0.1) is 18.5 Å². The first-order valence-electron chi connectivity index (χ1n) is 8.12. The smallest absolute Gasteiger partial charge is 0.333 e. The van der Waals surface area contributed by atoms with Crippen LogP contribution in [-0.4, -0.2) is 23.0 Å². The lowest BCUT2D eigenvalue weighted by Gasteiger charge is -2.30. The molecule has 1 aliphatic rings. The summed E-state index contributed by atoms with van der Waals surface area (Å²) in [5.41, 5.74) is 6.69. The number of benzene rings is 1. The van der Waals surface area contributed by atoms with Crippen molar-refractivity contribution in [3.63, 3.8) is 0 Å².